The van der Waals surface area contributed by atoms with Gasteiger partial charge < -0.3 is 19.9 Å². The summed E-state index contributed by atoms with van der Waals surface area (Å²) >= 11 is 0. The Hall–Kier alpha value is -2.95. The van der Waals surface area contributed by atoms with Gasteiger partial charge in [-0.15, -0.1) is 0 Å². The molecule has 5 heteroatoms. The maximum absolute atomic E-state index is 11.8. The van der Waals surface area contributed by atoms with Crippen molar-refractivity contribution in [2.75, 3.05) is 0 Å². The molecular formula is C19H19NO4. The number of benzene rings is 2. The fraction of sp³-hybridized carbons (Fsp3) is 0.211. The number of hydrogen-bond acceptors (Lipinski definition) is 3. The van der Waals surface area contributed by atoms with Gasteiger partial charge in [0.25, 0.3) is 0 Å². The minimum Gasteiger partial charge on any atom is -0.508 e. The van der Waals surface area contributed by atoms with E-state index in [4.69, 9.17) is 0 Å². The lowest BCUT2D eigenvalue weighted by Crippen LogP contribution is -2.10. The third-order valence-electron chi connectivity index (χ3n) is 4.17. The number of carbonyl (C=O) groups is 1. The molecule has 0 amide bonds. The highest BCUT2D eigenvalue weighted by atomic mass is 16.4. The molecule has 0 unspecified atom stereocenters. The number of hydrogen-bond donors (Lipinski definition) is 3. The molecule has 124 valence electrons. The topological polar surface area (TPSA) is 82.7 Å². The molecular weight excluding hydrogens is 306 g/mol. The van der Waals surface area contributed by atoms with Crippen LogP contribution in [0.4, 0.5) is 0 Å². The van der Waals surface area contributed by atoms with Crippen LogP contribution in [-0.4, -0.2) is 25.9 Å². The molecule has 0 radical (unpaired) electrons. The summed E-state index contributed by atoms with van der Waals surface area (Å²) in [6.07, 6.45) is 0. The van der Waals surface area contributed by atoms with Crippen LogP contribution < -0.4 is 0 Å². The molecule has 3 aromatic rings. The van der Waals surface area contributed by atoms with Gasteiger partial charge in [0.15, 0.2) is 0 Å². The molecule has 3 N–H and O–H groups in total. The smallest absolute Gasteiger partial charge is 0.338 e. The quantitative estimate of drug-likeness (QED) is 0.679. The van der Waals surface area contributed by atoms with Crippen molar-refractivity contribution in [1.29, 1.82) is 0 Å². The van der Waals surface area contributed by atoms with Crippen LogP contribution in [0.15, 0.2) is 42.5 Å². The van der Waals surface area contributed by atoms with Gasteiger partial charge in [0.1, 0.15) is 11.5 Å². The Labute approximate surface area is 139 Å². The van der Waals surface area contributed by atoms with Gasteiger partial charge in [0.2, 0.25) is 0 Å². The number of phenolic OH excluding ortho intramolecular Hbond substituents is 2. The van der Waals surface area contributed by atoms with Crippen LogP contribution >= 0.6 is 0 Å². The number of carboxylic acids is 1. The standard InChI is InChI=1S/C19H19NO4/c1-11(2)18-17(19(23)24)14-9-13(21)7-8-15(14)20(18)10-12-5-3-4-6-16(12)22/h3-9,11,21-22H,10H2,1-2H3,(H,23,24). The average molecular weight is 325 g/mol. The van der Waals surface area contributed by atoms with Gasteiger partial charge in [-0.1, -0.05) is 32.0 Å². The van der Waals surface area contributed by atoms with Crippen LogP contribution in [-0.2, 0) is 6.54 Å². The molecule has 0 spiro atoms. The van der Waals surface area contributed by atoms with Crippen molar-refractivity contribution < 1.29 is 20.1 Å². The van der Waals surface area contributed by atoms with E-state index in [0.29, 0.717) is 23.2 Å². The molecule has 2 aromatic carbocycles. The first-order valence-electron chi connectivity index (χ1n) is 7.75. The molecule has 5 nitrogen and oxygen atoms in total. The van der Waals surface area contributed by atoms with E-state index in [1.165, 1.54) is 6.07 Å². The van der Waals surface area contributed by atoms with E-state index in [2.05, 4.69) is 0 Å². The van der Waals surface area contributed by atoms with E-state index in [1.807, 2.05) is 30.5 Å². The van der Waals surface area contributed by atoms with Crippen LogP contribution in [0.3, 0.4) is 0 Å². The van der Waals surface area contributed by atoms with Gasteiger partial charge in [-0.2, -0.15) is 0 Å². The maximum Gasteiger partial charge on any atom is 0.338 e. The normalized spacial score (nSPS) is 11.3. The molecule has 0 saturated heterocycles. The zero-order valence-electron chi connectivity index (χ0n) is 13.5. The van der Waals surface area contributed by atoms with Crippen molar-refractivity contribution in [1.82, 2.24) is 4.57 Å². The molecule has 1 heterocycles. The fourth-order valence-electron chi connectivity index (χ4n) is 3.17. The molecule has 3 rings (SSSR count). The Balaban J connectivity index is 2.32. The summed E-state index contributed by atoms with van der Waals surface area (Å²) in [6, 6.07) is 11.7. The van der Waals surface area contributed by atoms with Gasteiger partial charge in [0, 0.05) is 22.2 Å². The van der Waals surface area contributed by atoms with Gasteiger partial charge in [0.05, 0.1) is 12.1 Å². The summed E-state index contributed by atoms with van der Waals surface area (Å²) in [5, 5.41) is 30.0. The number of nitrogens with zero attached hydrogens (tertiary/aromatic N) is 1. The molecule has 0 fully saturated rings. The first-order valence-corrected chi connectivity index (χ1v) is 7.75. The highest BCUT2D eigenvalue weighted by molar-refractivity contribution is 6.05. The van der Waals surface area contributed by atoms with E-state index in [0.717, 1.165) is 5.52 Å². The Bertz CT molecular complexity index is 925. The van der Waals surface area contributed by atoms with Crippen molar-refractivity contribution in [3.63, 3.8) is 0 Å². The lowest BCUT2D eigenvalue weighted by molar-refractivity contribution is 0.0697. The van der Waals surface area contributed by atoms with Crippen molar-refractivity contribution >= 4 is 16.9 Å². The highest BCUT2D eigenvalue weighted by Crippen LogP contribution is 2.34. The average Bonchev–Trinajstić information content (AvgIpc) is 2.83. The van der Waals surface area contributed by atoms with Gasteiger partial charge >= 0.3 is 5.97 Å². The lowest BCUT2D eigenvalue weighted by Gasteiger charge is -2.15. The van der Waals surface area contributed by atoms with E-state index in [1.54, 1.807) is 24.3 Å². The predicted octanol–water partition coefficient (Wildman–Crippen LogP) is 3.92. The number of fused-ring (bicyclic) bond motifs is 1. The summed E-state index contributed by atoms with van der Waals surface area (Å²) in [4.78, 5) is 11.8. The number of aromatic hydroxyl groups is 2. The first-order chi connectivity index (χ1) is 11.4. The zero-order chi connectivity index (χ0) is 17.4. The summed E-state index contributed by atoms with van der Waals surface area (Å²) in [5.41, 5.74) is 2.30. The Morgan fingerprint density at radius 1 is 1.12 bits per heavy atom. The predicted molar refractivity (Wildman–Crippen MR) is 91.9 cm³/mol. The first kappa shape index (κ1) is 15.9. The number of para-hydroxylation sites is 1. The number of rotatable bonds is 4. The van der Waals surface area contributed by atoms with Crippen LogP contribution in [0.2, 0.25) is 0 Å². The summed E-state index contributed by atoms with van der Waals surface area (Å²) in [7, 11) is 0. The summed E-state index contributed by atoms with van der Waals surface area (Å²) in [5.74, 6) is -0.855. The molecule has 0 saturated carbocycles. The number of aromatic carboxylic acids is 1. The largest absolute Gasteiger partial charge is 0.508 e. The molecule has 0 aliphatic heterocycles. The van der Waals surface area contributed by atoms with Crippen LogP contribution in [0.25, 0.3) is 10.9 Å². The molecule has 0 bridgehead atoms. The van der Waals surface area contributed by atoms with Gasteiger partial charge in [-0.25, -0.2) is 4.79 Å². The SMILES string of the molecule is CC(C)c1c(C(=O)O)c2cc(O)ccc2n1Cc1ccccc1O. The molecule has 24 heavy (non-hydrogen) atoms. The molecule has 0 aliphatic rings. The molecule has 0 aliphatic carbocycles. The van der Waals surface area contributed by atoms with E-state index >= 15 is 0 Å². The summed E-state index contributed by atoms with van der Waals surface area (Å²) in [6.45, 7) is 4.22. The summed E-state index contributed by atoms with van der Waals surface area (Å²) < 4.78 is 1.90. The van der Waals surface area contributed by atoms with E-state index in [-0.39, 0.29) is 23.0 Å². The van der Waals surface area contributed by atoms with Crippen molar-refractivity contribution in [3.05, 3.63) is 59.3 Å². The Morgan fingerprint density at radius 2 is 1.83 bits per heavy atom. The second kappa shape index (κ2) is 5.92. The third-order valence-corrected chi connectivity index (χ3v) is 4.17. The lowest BCUT2D eigenvalue weighted by atomic mass is 10.0. The minimum absolute atomic E-state index is 0.0278. The monoisotopic (exact) mass is 325 g/mol. The van der Waals surface area contributed by atoms with Crippen LogP contribution in [0, 0.1) is 0 Å². The fourth-order valence-corrected chi connectivity index (χ4v) is 3.17. The number of phenols is 2. The third kappa shape index (κ3) is 2.58. The number of aromatic nitrogens is 1. The molecule has 0 atom stereocenters. The van der Waals surface area contributed by atoms with Gasteiger partial charge in [-0.3, -0.25) is 0 Å². The zero-order valence-corrected chi connectivity index (χ0v) is 13.5. The van der Waals surface area contributed by atoms with Crippen molar-refractivity contribution in [3.8, 4) is 11.5 Å². The van der Waals surface area contributed by atoms with Crippen molar-refractivity contribution in [2.45, 2.75) is 26.3 Å². The number of carboxylic acid groups (broad SMARTS) is 1. The maximum atomic E-state index is 11.8. The Kier molecular flexibility index (Phi) is 3.93. The second-order valence-electron chi connectivity index (χ2n) is 6.14. The minimum atomic E-state index is -1.02. The second-order valence-corrected chi connectivity index (χ2v) is 6.14. The van der Waals surface area contributed by atoms with Crippen molar-refractivity contribution in [2.24, 2.45) is 0 Å². The van der Waals surface area contributed by atoms with Crippen LogP contribution in [0.1, 0.15) is 41.4 Å². The highest BCUT2D eigenvalue weighted by Gasteiger charge is 2.24. The van der Waals surface area contributed by atoms with Crippen LogP contribution in [0.5, 0.6) is 11.5 Å². The van der Waals surface area contributed by atoms with Gasteiger partial charge in [-0.05, 0) is 30.2 Å². The Morgan fingerprint density at radius 3 is 2.46 bits per heavy atom. The van der Waals surface area contributed by atoms with E-state index < -0.39 is 5.97 Å². The van der Waals surface area contributed by atoms with E-state index in [9.17, 15) is 20.1 Å². The molecule has 1 aromatic heterocycles.